The van der Waals surface area contributed by atoms with Gasteiger partial charge in [0.05, 0.1) is 25.6 Å². The van der Waals surface area contributed by atoms with Gasteiger partial charge in [0.25, 0.3) is 5.91 Å². The van der Waals surface area contributed by atoms with E-state index < -0.39 is 0 Å². The van der Waals surface area contributed by atoms with Gasteiger partial charge in [0.1, 0.15) is 17.1 Å². The Bertz CT molecular complexity index is 1200. The van der Waals surface area contributed by atoms with Crippen LogP contribution in [0.25, 0.3) is 11.5 Å². The molecule has 0 bridgehead atoms. The lowest BCUT2D eigenvalue weighted by Gasteiger charge is -2.13. The average Bonchev–Trinajstić information content (AvgIpc) is 3.47. The molecule has 4 aromatic rings. The van der Waals surface area contributed by atoms with E-state index in [9.17, 15) is 4.79 Å². The van der Waals surface area contributed by atoms with Crippen molar-refractivity contribution in [3.63, 3.8) is 0 Å². The number of aryl methyl sites for hydroxylation is 1. The number of benzene rings is 2. The second-order valence-electron chi connectivity index (χ2n) is 7.31. The maximum Gasteiger partial charge on any atom is 0.257 e. The Morgan fingerprint density at radius 3 is 2.44 bits per heavy atom. The number of nitrogens with zero attached hydrogens (tertiary/aromatic N) is 3. The van der Waals surface area contributed by atoms with Gasteiger partial charge in [-0.2, -0.15) is 5.10 Å². The van der Waals surface area contributed by atoms with Crippen LogP contribution in [0.3, 0.4) is 0 Å². The number of carbonyl (C=O) groups is 1. The first-order valence-corrected chi connectivity index (χ1v) is 10.4. The Kier molecular flexibility index (Phi) is 6.26. The topological polar surface area (TPSA) is 70.3 Å². The fourth-order valence-electron chi connectivity index (χ4n) is 3.72. The van der Waals surface area contributed by atoms with Crippen molar-refractivity contribution >= 4 is 5.91 Å². The molecule has 0 aliphatic rings. The predicted molar refractivity (Wildman–Crippen MR) is 123 cm³/mol. The number of ether oxygens (including phenoxy) is 2. The number of nitrogens with one attached hydrogen (secondary N) is 1. The predicted octanol–water partition coefficient (Wildman–Crippen LogP) is 3.96. The van der Waals surface area contributed by atoms with Crippen LogP contribution in [-0.4, -0.2) is 41.0 Å². The highest BCUT2D eigenvalue weighted by Gasteiger charge is 2.23. The van der Waals surface area contributed by atoms with Gasteiger partial charge in [0.2, 0.25) is 0 Å². The Hall–Kier alpha value is -4.00. The molecule has 1 N–H and O–H groups in total. The molecule has 0 aliphatic carbocycles. The molecule has 0 spiro atoms. The van der Waals surface area contributed by atoms with E-state index in [1.165, 1.54) is 0 Å². The fraction of sp³-hybridized carbons (Fsp3) is 0.200. The van der Waals surface area contributed by atoms with Crippen molar-refractivity contribution in [3.05, 3.63) is 89.9 Å². The molecule has 7 heteroatoms. The van der Waals surface area contributed by atoms with E-state index in [1.807, 2.05) is 84.5 Å². The maximum absolute atomic E-state index is 13.3. The summed E-state index contributed by atoms with van der Waals surface area (Å²) in [6, 6.07) is 19.3. The fourth-order valence-corrected chi connectivity index (χ4v) is 3.72. The van der Waals surface area contributed by atoms with Gasteiger partial charge < -0.3 is 19.4 Å². The number of hydrogen-bond acceptors (Lipinski definition) is 4. The second-order valence-corrected chi connectivity index (χ2v) is 7.31. The van der Waals surface area contributed by atoms with Gasteiger partial charge in [-0.25, -0.2) is 4.68 Å². The third-order valence-corrected chi connectivity index (χ3v) is 5.28. The van der Waals surface area contributed by atoms with Gasteiger partial charge in [-0.3, -0.25) is 4.79 Å². The highest BCUT2D eigenvalue weighted by Crippen LogP contribution is 2.25. The van der Waals surface area contributed by atoms with Crippen molar-refractivity contribution in [2.45, 2.75) is 13.3 Å². The van der Waals surface area contributed by atoms with Crippen LogP contribution < -0.4 is 14.8 Å². The van der Waals surface area contributed by atoms with Crippen LogP contribution in [0.5, 0.6) is 11.5 Å². The summed E-state index contributed by atoms with van der Waals surface area (Å²) in [6.45, 7) is 2.30. The Morgan fingerprint density at radius 2 is 1.75 bits per heavy atom. The third kappa shape index (κ3) is 4.23. The van der Waals surface area contributed by atoms with Gasteiger partial charge in [-0.05, 0) is 61.4 Å². The lowest BCUT2D eigenvalue weighted by atomic mass is 10.1. The zero-order chi connectivity index (χ0) is 22.5. The van der Waals surface area contributed by atoms with Crippen molar-refractivity contribution in [3.8, 4) is 23.0 Å². The number of hydrogen-bond donors (Lipinski definition) is 1. The van der Waals surface area contributed by atoms with Crippen LogP contribution in [0.15, 0.2) is 73.1 Å². The second kappa shape index (κ2) is 9.43. The molecule has 0 aliphatic heterocycles. The number of amides is 1. The SMILES string of the molecule is COc1ccc(OC)c(CCNC(=O)c2c(C)nn(-c3ccccc3)c2-n2cccc2)c1. The quantitative estimate of drug-likeness (QED) is 0.459. The molecule has 2 heterocycles. The summed E-state index contributed by atoms with van der Waals surface area (Å²) in [5.74, 6) is 2.05. The minimum absolute atomic E-state index is 0.171. The molecule has 0 saturated heterocycles. The smallest absolute Gasteiger partial charge is 0.257 e. The van der Waals surface area contributed by atoms with Crippen molar-refractivity contribution < 1.29 is 14.3 Å². The molecule has 0 radical (unpaired) electrons. The Balaban J connectivity index is 1.60. The first kappa shape index (κ1) is 21.2. The highest BCUT2D eigenvalue weighted by atomic mass is 16.5. The van der Waals surface area contributed by atoms with Crippen LogP contribution in [0.2, 0.25) is 0 Å². The van der Waals surface area contributed by atoms with Gasteiger partial charge in [0.15, 0.2) is 5.82 Å². The molecule has 0 saturated carbocycles. The van der Waals surface area contributed by atoms with Crippen molar-refractivity contribution in [2.75, 3.05) is 20.8 Å². The molecule has 2 aromatic carbocycles. The van der Waals surface area contributed by atoms with Crippen LogP contribution in [0, 0.1) is 6.92 Å². The largest absolute Gasteiger partial charge is 0.497 e. The van der Waals surface area contributed by atoms with Gasteiger partial charge in [0, 0.05) is 18.9 Å². The van der Waals surface area contributed by atoms with Crippen LogP contribution >= 0.6 is 0 Å². The van der Waals surface area contributed by atoms with Gasteiger partial charge in [-0.1, -0.05) is 18.2 Å². The van der Waals surface area contributed by atoms with Crippen LogP contribution in [0.4, 0.5) is 0 Å². The molecule has 0 fully saturated rings. The summed E-state index contributed by atoms with van der Waals surface area (Å²) in [5, 5.41) is 7.71. The number of para-hydroxylation sites is 1. The molecule has 32 heavy (non-hydrogen) atoms. The maximum atomic E-state index is 13.3. The number of methoxy groups -OCH3 is 2. The Labute approximate surface area is 187 Å². The van der Waals surface area contributed by atoms with E-state index in [1.54, 1.807) is 18.9 Å². The van der Waals surface area contributed by atoms with Crippen molar-refractivity contribution in [1.29, 1.82) is 0 Å². The van der Waals surface area contributed by atoms with E-state index in [-0.39, 0.29) is 5.91 Å². The van der Waals surface area contributed by atoms with E-state index in [4.69, 9.17) is 9.47 Å². The summed E-state index contributed by atoms with van der Waals surface area (Å²) in [7, 11) is 3.26. The summed E-state index contributed by atoms with van der Waals surface area (Å²) < 4.78 is 14.5. The molecule has 1 amide bonds. The summed E-state index contributed by atoms with van der Waals surface area (Å²) in [6.07, 6.45) is 4.43. The monoisotopic (exact) mass is 430 g/mol. The van der Waals surface area contributed by atoms with E-state index >= 15 is 0 Å². The summed E-state index contributed by atoms with van der Waals surface area (Å²) in [4.78, 5) is 13.3. The van der Waals surface area contributed by atoms with Gasteiger partial charge in [-0.15, -0.1) is 0 Å². The van der Waals surface area contributed by atoms with E-state index in [0.717, 1.165) is 22.7 Å². The van der Waals surface area contributed by atoms with Crippen LogP contribution in [0.1, 0.15) is 21.6 Å². The molecule has 0 atom stereocenters. The standard InChI is InChI=1S/C25H26N4O3/c1-18-23(24(30)26-14-13-19-17-21(31-2)11-12-22(19)32-3)25(28-15-7-8-16-28)29(27-18)20-9-5-4-6-10-20/h4-12,15-17H,13-14H2,1-3H3,(H,26,30). The first-order valence-electron chi connectivity index (χ1n) is 10.4. The molecule has 164 valence electrons. The molecular weight excluding hydrogens is 404 g/mol. The molecule has 0 unspecified atom stereocenters. The Morgan fingerprint density at radius 1 is 1.00 bits per heavy atom. The zero-order valence-electron chi connectivity index (χ0n) is 18.4. The molecule has 7 nitrogen and oxygen atoms in total. The lowest BCUT2D eigenvalue weighted by Crippen LogP contribution is -2.27. The molecule has 4 rings (SSSR count). The number of aromatic nitrogens is 3. The number of rotatable bonds is 8. The van der Waals surface area contributed by atoms with Gasteiger partial charge >= 0.3 is 0 Å². The van der Waals surface area contributed by atoms with Crippen molar-refractivity contribution in [1.82, 2.24) is 19.7 Å². The average molecular weight is 431 g/mol. The molecular formula is C25H26N4O3. The summed E-state index contributed by atoms with van der Waals surface area (Å²) in [5.41, 5.74) is 3.06. The third-order valence-electron chi connectivity index (χ3n) is 5.28. The minimum Gasteiger partial charge on any atom is -0.497 e. The summed E-state index contributed by atoms with van der Waals surface area (Å²) >= 11 is 0. The lowest BCUT2D eigenvalue weighted by molar-refractivity contribution is 0.0953. The normalized spacial score (nSPS) is 10.7. The first-order chi connectivity index (χ1) is 15.6. The van der Waals surface area contributed by atoms with E-state index in [2.05, 4.69) is 10.4 Å². The van der Waals surface area contributed by atoms with Crippen LogP contribution in [-0.2, 0) is 6.42 Å². The molecule has 2 aromatic heterocycles. The minimum atomic E-state index is -0.171. The van der Waals surface area contributed by atoms with Crippen molar-refractivity contribution in [2.24, 2.45) is 0 Å². The van der Waals surface area contributed by atoms with E-state index in [0.29, 0.717) is 30.0 Å². The zero-order valence-corrected chi connectivity index (χ0v) is 18.4. The number of carbonyl (C=O) groups excluding carboxylic acids is 1. The highest BCUT2D eigenvalue weighted by molar-refractivity contribution is 5.98.